The lowest BCUT2D eigenvalue weighted by Gasteiger charge is -2.09. The molecule has 0 saturated carbocycles. The van der Waals surface area contributed by atoms with Crippen LogP contribution in [0.1, 0.15) is 55.8 Å². The molecule has 2 rings (SSSR count). The highest BCUT2D eigenvalue weighted by atomic mass is 35.5. The van der Waals surface area contributed by atoms with Gasteiger partial charge in [0.15, 0.2) is 0 Å². The van der Waals surface area contributed by atoms with Gasteiger partial charge in [0, 0.05) is 0 Å². The number of esters is 2. The van der Waals surface area contributed by atoms with E-state index in [4.69, 9.17) is 32.7 Å². The Kier molecular flexibility index (Phi) is 7.19. The van der Waals surface area contributed by atoms with E-state index in [1.807, 2.05) is 0 Å². The third kappa shape index (κ3) is 5.11. The fourth-order valence-corrected chi connectivity index (χ4v) is 2.41. The maximum atomic E-state index is 12.0. The second-order valence-corrected chi connectivity index (χ2v) is 5.93. The van der Waals surface area contributed by atoms with Crippen molar-refractivity contribution in [1.29, 1.82) is 0 Å². The second kappa shape index (κ2) is 9.38. The third-order valence-corrected chi connectivity index (χ3v) is 3.74. The highest BCUT2D eigenvalue weighted by molar-refractivity contribution is 6.67. The van der Waals surface area contributed by atoms with E-state index in [0.29, 0.717) is 0 Å². The number of pyridine rings is 2. The fourth-order valence-electron chi connectivity index (χ4n) is 2.22. The zero-order valence-electron chi connectivity index (χ0n) is 14.8. The van der Waals surface area contributed by atoms with Crippen LogP contribution in [0.25, 0.3) is 11.1 Å². The number of nitrogens with zero attached hydrogens (tertiary/aromatic N) is 2. The lowest BCUT2D eigenvalue weighted by Crippen LogP contribution is -2.11. The molecule has 0 saturated heterocycles. The van der Waals surface area contributed by atoms with Crippen LogP contribution in [0.15, 0.2) is 24.3 Å². The van der Waals surface area contributed by atoms with Gasteiger partial charge in [-0.05, 0) is 72.4 Å². The zero-order valence-corrected chi connectivity index (χ0v) is 16.3. The van der Waals surface area contributed by atoms with Gasteiger partial charge in [0.1, 0.15) is 22.8 Å². The van der Waals surface area contributed by atoms with E-state index in [1.165, 1.54) is 24.3 Å². The van der Waals surface area contributed by atoms with Crippen molar-refractivity contribution in [2.24, 2.45) is 0 Å². The number of carbonyl (C=O) groups excluding carboxylic acids is 4. The maximum Gasteiger partial charge on any atom is 0.356 e. The Morgan fingerprint density at radius 2 is 1.04 bits per heavy atom. The van der Waals surface area contributed by atoms with Crippen LogP contribution in [-0.4, -0.2) is 45.6 Å². The summed E-state index contributed by atoms with van der Waals surface area (Å²) in [6.07, 6.45) is 0. The summed E-state index contributed by atoms with van der Waals surface area (Å²) < 4.78 is 9.78. The zero-order chi connectivity index (χ0) is 20.8. The summed E-state index contributed by atoms with van der Waals surface area (Å²) in [6.45, 7) is 3.43. The molecule has 0 fully saturated rings. The van der Waals surface area contributed by atoms with Gasteiger partial charge in [0.25, 0.3) is 10.5 Å². The minimum Gasteiger partial charge on any atom is -0.461 e. The number of carbonyl (C=O) groups is 4. The van der Waals surface area contributed by atoms with Crippen molar-refractivity contribution in [1.82, 2.24) is 9.97 Å². The van der Waals surface area contributed by atoms with Gasteiger partial charge in [-0.15, -0.1) is 0 Å². The predicted octanol–water partition coefficient (Wildman–Crippen LogP) is 3.26. The minimum atomic E-state index is -0.902. The molecule has 0 aliphatic heterocycles. The van der Waals surface area contributed by atoms with Crippen LogP contribution < -0.4 is 0 Å². The van der Waals surface area contributed by atoms with E-state index in [-0.39, 0.29) is 47.1 Å². The van der Waals surface area contributed by atoms with Crippen molar-refractivity contribution in [3.63, 3.8) is 0 Å². The molecule has 8 nitrogen and oxygen atoms in total. The topological polar surface area (TPSA) is 113 Å². The maximum absolute atomic E-state index is 12.0. The highest BCUT2D eigenvalue weighted by Gasteiger charge is 2.19. The van der Waals surface area contributed by atoms with Crippen LogP contribution in [0, 0.1) is 0 Å². The summed E-state index contributed by atoms with van der Waals surface area (Å²) in [4.78, 5) is 55.0. The molecular formula is C18H14Cl2N2O6. The molecule has 0 spiro atoms. The average molecular weight is 425 g/mol. The third-order valence-electron chi connectivity index (χ3n) is 3.36. The number of hydrogen-bond acceptors (Lipinski definition) is 8. The van der Waals surface area contributed by atoms with Crippen molar-refractivity contribution >= 4 is 45.6 Å². The molecule has 0 amide bonds. The monoisotopic (exact) mass is 424 g/mol. The smallest absolute Gasteiger partial charge is 0.356 e. The Hall–Kier alpha value is -2.84. The Bertz CT molecular complexity index is 884. The summed E-state index contributed by atoms with van der Waals surface area (Å²) in [5, 5.41) is -1.80. The second-order valence-electron chi connectivity index (χ2n) is 5.24. The first-order chi connectivity index (χ1) is 13.3. The normalized spacial score (nSPS) is 10.3. The number of hydrogen-bond donors (Lipinski definition) is 0. The molecule has 146 valence electrons. The Morgan fingerprint density at radius 1 is 0.714 bits per heavy atom. The van der Waals surface area contributed by atoms with Gasteiger partial charge in [0.05, 0.1) is 13.2 Å². The minimum absolute atomic E-state index is 0.0993. The summed E-state index contributed by atoms with van der Waals surface area (Å²) in [5.74, 6) is -1.53. The van der Waals surface area contributed by atoms with Gasteiger partial charge in [-0.25, -0.2) is 19.6 Å². The van der Waals surface area contributed by atoms with Crippen molar-refractivity contribution in [3.8, 4) is 11.1 Å². The SMILES string of the molecule is CCOC(=O)c1cc(-c2cc(C(=O)Cl)nc(C(=O)OCC)c2)cc(C(=O)Cl)n1. The summed E-state index contributed by atoms with van der Waals surface area (Å²) >= 11 is 11.0. The molecule has 0 N–H and O–H groups in total. The summed E-state index contributed by atoms with van der Waals surface area (Å²) in [5.41, 5.74) is -0.220. The number of ether oxygens (including phenoxy) is 2. The van der Waals surface area contributed by atoms with Crippen LogP contribution in [0.3, 0.4) is 0 Å². The molecular weight excluding hydrogens is 411 g/mol. The van der Waals surface area contributed by atoms with Crippen LogP contribution in [0.4, 0.5) is 0 Å². The van der Waals surface area contributed by atoms with Crippen molar-refractivity contribution in [3.05, 3.63) is 47.0 Å². The van der Waals surface area contributed by atoms with E-state index in [1.54, 1.807) is 13.8 Å². The fraction of sp³-hybridized carbons (Fsp3) is 0.222. The lowest BCUT2D eigenvalue weighted by molar-refractivity contribution is 0.0509. The summed E-state index contributed by atoms with van der Waals surface area (Å²) in [6, 6.07) is 5.25. The van der Waals surface area contributed by atoms with Gasteiger partial charge in [-0.3, -0.25) is 9.59 Å². The number of rotatable bonds is 7. The largest absolute Gasteiger partial charge is 0.461 e. The molecule has 2 aromatic rings. The molecule has 0 aromatic carbocycles. The molecule has 0 aliphatic rings. The number of aromatic nitrogens is 2. The van der Waals surface area contributed by atoms with Crippen molar-refractivity contribution in [2.75, 3.05) is 13.2 Å². The molecule has 0 atom stereocenters. The van der Waals surface area contributed by atoms with E-state index in [2.05, 4.69) is 9.97 Å². The van der Waals surface area contributed by atoms with Gasteiger partial charge < -0.3 is 9.47 Å². The van der Waals surface area contributed by atoms with Crippen LogP contribution in [0.5, 0.6) is 0 Å². The quantitative estimate of drug-likeness (QED) is 0.491. The Balaban J connectivity index is 2.67. The van der Waals surface area contributed by atoms with Gasteiger partial charge in [-0.1, -0.05) is 0 Å². The molecule has 0 aliphatic carbocycles. The van der Waals surface area contributed by atoms with Gasteiger partial charge >= 0.3 is 11.9 Å². The first-order valence-corrected chi connectivity index (χ1v) is 8.80. The first-order valence-electron chi connectivity index (χ1n) is 8.05. The Labute approximate surface area is 169 Å². The number of halogens is 2. The van der Waals surface area contributed by atoms with E-state index >= 15 is 0 Å². The van der Waals surface area contributed by atoms with Crippen LogP contribution >= 0.6 is 23.2 Å². The van der Waals surface area contributed by atoms with Crippen LogP contribution in [0.2, 0.25) is 0 Å². The average Bonchev–Trinajstić information content (AvgIpc) is 2.67. The molecule has 0 radical (unpaired) electrons. The molecule has 0 bridgehead atoms. The first kappa shape index (κ1) is 21.5. The molecule has 0 unspecified atom stereocenters. The van der Waals surface area contributed by atoms with Crippen molar-refractivity contribution in [2.45, 2.75) is 13.8 Å². The molecule has 2 heterocycles. The Morgan fingerprint density at radius 3 is 1.32 bits per heavy atom. The molecule has 28 heavy (non-hydrogen) atoms. The lowest BCUT2D eigenvalue weighted by atomic mass is 10.0. The summed E-state index contributed by atoms with van der Waals surface area (Å²) in [7, 11) is 0. The molecule has 2 aromatic heterocycles. The van der Waals surface area contributed by atoms with E-state index in [0.717, 1.165) is 0 Å². The van der Waals surface area contributed by atoms with Gasteiger partial charge in [0.2, 0.25) is 0 Å². The van der Waals surface area contributed by atoms with E-state index < -0.39 is 22.4 Å². The molecule has 10 heteroatoms. The van der Waals surface area contributed by atoms with Crippen molar-refractivity contribution < 1.29 is 28.7 Å². The van der Waals surface area contributed by atoms with Gasteiger partial charge in [-0.2, -0.15) is 0 Å². The predicted molar refractivity (Wildman–Crippen MR) is 99.7 cm³/mol. The standard InChI is InChI=1S/C18H14Cl2N2O6/c1-3-27-17(25)13-7-9(5-11(21-13)15(19)23)10-6-12(16(20)24)22-14(8-10)18(26)28-4-2/h5-8H,3-4H2,1-2H3. The highest BCUT2D eigenvalue weighted by Crippen LogP contribution is 2.25. The van der Waals surface area contributed by atoms with E-state index in [9.17, 15) is 19.2 Å². The van der Waals surface area contributed by atoms with Crippen LogP contribution in [-0.2, 0) is 9.47 Å².